The molecule has 1 amide bonds. The molecule has 1 aromatic rings. The third-order valence-electron chi connectivity index (χ3n) is 6.46. The molecule has 2 rings (SSSR count). The zero-order valence-corrected chi connectivity index (χ0v) is 20.1. The number of nitrogens with zero attached hydrogens (tertiary/aromatic N) is 1. The zero-order valence-electron chi connectivity index (χ0n) is 20.1. The number of ether oxygens (including phenoxy) is 1. The van der Waals surface area contributed by atoms with Crippen molar-refractivity contribution in [2.75, 3.05) is 25.2 Å². The quantitative estimate of drug-likeness (QED) is 0.479. The normalized spacial score (nSPS) is 19.4. The van der Waals surface area contributed by atoms with Gasteiger partial charge < -0.3 is 25.6 Å². The number of aliphatic hydroxyl groups excluding tert-OH is 1. The Kier molecular flexibility index (Phi) is 9.25. The number of carboxylic acid groups (broad SMARTS) is 1. The third-order valence-corrected chi connectivity index (χ3v) is 6.46. The molecule has 0 fully saturated rings. The van der Waals surface area contributed by atoms with E-state index in [0.717, 1.165) is 17.7 Å². The Labute approximate surface area is 191 Å². The van der Waals surface area contributed by atoms with Crippen molar-refractivity contribution in [3.63, 3.8) is 0 Å². The zero-order chi connectivity index (χ0) is 24.1. The van der Waals surface area contributed by atoms with Crippen molar-refractivity contribution < 1.29 is 24.5 Å². The largest absolute Gasteiger partial charge is 0.481 e. The smallest absolute Gasteiger partial charge is 0.306 e. The predicted molar refractivity (Wildman–Crippen MR) is 125 cm³/mol. The number of carboxylic acids is 1. The number of aliphatic hydroxyl groups is 1. The van der Waals surface area contributed by atoms with Crippen molar-refractivity contribution in [3.8, 4) is 0 Å². The molecule has 1 aromatic carbocycles. The first kappa shape index (κ1) is 26.3. The number of carbonyl (C=O) groups is 2. The number of rotatable bonds is 11. The van der Waals surface area contributed by atoms with E-state index in [1.54, 1.807) is 7.11 Å². The van der Waals surface area contributed by atoms with Crippen LogP contribution in [-0.2, 0) is 20.7 Å². The first-order valence-corrected chi connectivity index (χ1v) is 11.5. The van der Waals surface area contributed by atoms with E-state index >= 15 is 0 Å². The number of para-hydroxylation sites is 1. The van der Waals surface area contributed by atoms with Crippen LogP contribution in [0.3, 0.4) is 0 Å². The summed E-state index contributed by atoms with van der Waals surface area (Å²) in [7, 11) is 1.68. The van der Waals surface area contributed by atoms with Gasteiger partial charge in [0, 0.05) is 37.7 Å². The third kappa shape index (κ3) is 7.02. The monoisotopic (exact) mass is 448 g/mol. The molecule has 4 atom stereocenters. The number of fused-ring (bicyclic) bond motifs is 1. The van der Waals surface area contributed by atoms with Crippen LogP contribution in [0.5, 0.6) is 0 Å². The van der Waals surface area contributed by atoms with E-state index in [9.17, 15) is 19.8 Å². The Balaban J connectivity index is 2.05. The summed E-state index contributed by atoms with van der Waals surface area (Å²) in [5.41, 5.74) is 7.91. The summed E-state index contributed by atoms with van der Waals surface area (Å²) >= 11 is 0. The van der Waals surface area contributed by atoms with Crippen molar-refractivity contribution in [1.29, 1.82) is 0 Å². The van der Waals surface area contributed by atoms with Crippen molar-refractivity contribution in [1.82, 2.24) is 0 Å². The second-order valence-corrected chi connectivity index (χ2v) is 10.4. The van der Waals surface area contributed by atoms with Crippen LogP contribution < -0.4 is 10.6 Å². The first-order chi connectivity index (χ1) is 14.9. The molecular formula is C25H40N2O5. The number of hydrogen-bond donors (Lipinski definition) is 3. The lowest BCUT2D eigenvalue weighted by Crippen LogP contribution is -2.45. The highest BCUT2D eigenvalue weighted by molar-refractivity contribution is 5.95. The summed E-state index contributed by atoms with van der Waals surface area (Å²) in [6, 6.07) is 7.37. The van der Waals surface area contributed by atoms with Gasteiger partial charge in [-0.3, -0.25) is 9.59 Å². The number of amides is 1. The van der Waals surface area contributed by atoms with Gasteiger partial charge in [-0.1, -0.05) is 45.9 Å². The van der Waals surface area contributed by atoms with Gasteiger partial charge in [-0.25, -0.2) is 0 Å². The SMILES string of the molecule is COC[C@@H]1Cc2ccccc2N(C(=O)CC(C)(C)C[C@H](N)[C@@H](O)C[C@H](C(=O)O)C(C)C)C1. The van der Waals surface area contributed by atoms with E-state index in [1.165, 1.54) is 0 Å². The van der Waals surface area contributed by atoms with Gasteiger partial charge in [0.15, 0.2) is 0 Å². The summed E-state index contributed by atoms with van der Waals surface area (Å²) in [5.74, 6) is -1.40. The van der Waals surface area contributed by atoms with Gasteiger partial charge in [0.25, 0.3) is 0 Å². The molecule has 0 unspecified atom stereocenters. The first-order valence-electron chi connectivity index (χ1n) is 11.5. The summed E-state index contributed by atoms with van der Waals surface area (Å²) in [6.07, 6.45) is 0.760. The molecule has 1 aliphatic heterocycles. The topological polar surface area (TPSA) is 113 Å². The van der Waals surface area contributed by atoms with E-state index in [1.807, 2.05) is 50.8 Å². The second-order valence-electron chi connectivity index (χ2n) is 10.4. The number of carbonyl (C=O) groups excluding carboxylic acids is 1. The highest BCUT2D eigenvalue weighted by Gasteiger charge is 2.35. The van der Waals surface area contributed by atoms with E-state index in [0.29, 0.717) is 19.6 Å². The molecular weight excluding hydrogens is 408 g/mol. The Hall–Kier alpha value is -1.96. The minimum atomic E-state index is -0.935. The van der Waals surface area contributed by atoms with Crippen molar-refractivity contribution in [2.45, 2.75) is 65.5 Å². The van der Waals surface area contributed by atoms with Crippen LogP contribution in [0.2, 0.25) is 0 Å². The number of aliphatic carboxylic acids is 1. The molecule has 0 radical (unpaired) electrons. The summed E-state index contributed by atoms with van der Waals surface area (Å²) < 4.78 is 5.35. The predicted octanol–water partition coefficient (Wildman–Crippen LogP) is 3.08. The van der Waals surface area contributed by atoms with E-state index in [-0.39, 0.29) is 30.6 Å². The summed E-state index contributed by atoms with van der Waals surface area (Å²) in [4.78, 5) is 26.7. The van der Waals surface area contributed by atoms with Crippen LogP contribution in [0.1, 0.15) is 52.5 Å². The number of anilines is 1. The Morgan fingerprint density at radius 3 is 2.53 bits per heavy atom. The molecule has 0 spiro atoms. The number of benzene rings is 1. The fourth-order valence-electron chi connectivity index (χ4n) is 4.71. The molecule has 0 saturated heterocycles. The van der Waals surface area contributed by atoms with Crippen LogP contribution in [0.25, 0.3) is 0 Å². The fourth-order valence-corrected chi connectivity index (χ4v) is 4.71. The van der Waals surface area contributed by atoms with Gasteiger partial charge >= 0.3 is 5.97 Å². The van der Waals surface area contributed by atoms with Gasteiger partial charge in [0.1, 0.15) is 0 Å². The molecule has 7 nitrogen and oxygen atoms in total. The Morgan fingerprint density at radius 2 is 1.94 bits per heavy atom. The lowest BCUT2D eigenvalue weighted by atomic mass is 9.78. The van der Waals surface area contributed by atoms with E-state index in [4.69, 9.17) is 10.5 Å². The van der Waals surface area contributed by atoms with Crippen LogP contribution in [-0.4, -0.2) is 54.5 Å². The molecule has 1 aliphatic rings. The maximum absolute atomic E-state index is 13.3. The molecule has 180 valence electrons. The minimum Gasteiger partial charge on any atom is -0.481 e. The molecule has 0 aliphatic carbocycles. The van der Waals surface area contributed by atoms with Gasteiger partial charge in [0.05, 0.1) is 18.6 Å². The highest BCUT2D eigenvalue weighted by Crippen LogP contribution is 2.34. The molecule has 7 heteroatoms. The molecule has 32 heavy (non-hydrogen) atoms. The average Bonchev–Trinajstić information content (AvgIpc) is 2.70. The van der Waals surface area contributed by atoms with Crippen molar-refractivity contribution in [2.24, 2.45) is 28.9 Å². The van der Waals surface area contributed by atoms with Crippen LogP contribution in [0.15, 0.2) is 24.3 Å². The number of hydrogen-bond acceptors (Lipinski definition) is 5. The molecule has 0 bridgehead atoms. The van der Waals surface area contributed by atoms with E-state index in [2.05, 4.69) is 6.07 Å². The maximum atomic E-state index is 13.3. The molecule has 1 heterocycles. The lowest BCUT2D eigenvalue weighted by Gasteiger charge is -2.37. The van der Waals surface area contributed by atoms with Crippen LogP contribution in [0, 0.1) is 23.2 Å². The average molecular weight is 449 g/mol. The second kappa shape index (κ2) is 11.3. The van der Waals surface area contributed by atoms with Crippen LogP contribution >= 0.6 is 0 Å². The Bertz CT molecular complexity index is 779. The lowest BCUT2D eigenvalue weighted by molar-refractivity contribution is -0.144. The summed E-state index contributed by atoms with van der Waals surface area (Å²) in [5, 5.41) is 20.0. The van der Waals surface area contributed by atoms with Gasteiger partial charge in [-0.2, -0.15) is 0 Å². The van der Waals surface area contributed by atoms with Gasteiger partial charge in [-0.05, 0) is 42.2 Å². The fraction of sp³-hybridized carbons (Fsp3) is 0.680. The van der Waals surface area contributed by atoms with Gasteiger partial charge in [0.2, 0.25) is 5.91 Å². The minimum absolute atomic E-state index is 0.0236. The van der Waals surface area contributed by atoms with Gasteiger partial charge in [-0.15, -0.1) is 0 Å². The highest BCUT2D eigenvalue weighted by atomic mass is 16.5. The maximum Gasteiger partial charge on any atom is 0.306 e. The van der Waals surface area contributed by atoms with Crippen molar-refractivity contribution in [3.05, 3.63) is 29.8 Å². The van der Waals surface area contributed by atoms with Crippen LogP contribution in [0.4, 0.5) is 5.69 Å². The molecule has 0 aromatic heterocycles. The number of methoxy groups -OCH3 is 1. The van der Waals surface area contributed by atoms with E-state index < -0.39 is 29.4 Å². The van der Waals surface area contributed by atoms with Crippen molar-refractivity contribution >= 4 is 17.6 Å². The number of nitrogens with two attached hydrogens (primary N) is 1. The Morgan fingerprint density at radius 1 is 1.28 bits per heavy atom. The molecule has 0 saturated carbocycles. The standard InChI is InChI=1S/C25H40N2O5/c1-16(2)19(24(30)31)11-22(28)20(26)12-25(3,4)13-23(29)27-14-17(15-32-5)10-18-8-6-7-9-21(18)27/h6-9,16-17,19-20,22,28H,10-15,26H2,1-5H3,(H,30,31)/t17-,19+,20+,22+/m1/s1. The molecule has 4 N–H and O–H groups in total. The summed E-state index contributed by atoms with van der Waals surface area (Å²) in [6.45, 7) is 8.80.